The number of carbonyl (C=O) groups is 2. The van der Waals surface area contributed by atoms with Crippen LogP contribution < -0.4 is 0 Å². The summed E-state index contributed by atoms with van der Waals surface area (Å²) in [6.07, 6.45) is -5.85. The number of rotatable bonds is 2. The van der Waals surface area contributed by atoms with Gasteiger partial charge in [0, 0.05) is 14.1 Å². The van der Waals surface area contributed by atoms with Crippen molar-refractivity contribution in [1.29, 1.82) is 0 Å². The summed E-state index contributed by atoms with van der Waals surface area (Å²) in [4.78, 5) is 26.9. The number of aliphatic hydroxyl groups excluding tert-OH is 4. The molecule has 4 amide bonds. The fourth-order valence-electron chi connectivity index (χ4n) is 2.03. The quantitative estimate of drug-likeness (QED) is 0.424. The van der Waals surface area contributed by atoms with Gasteiger partial charge in [0.15, 0.2) is 24.9 Å². The predicted octanol–water partition coefficient (Wildman–Crippen LogP) is -3.05. The zero-order valence-electron chi connectivity index (χ0n) is 10.4. The standard InChI is InChI=1S/C9H16N4O6/c1-10-4(14)6(16)12(8(10)18)3-13-7(17)5(15)11(2)9(13)19/h4-7,14-17H,3H2,1-2H3. The minimum atomic E-state index is -1.51. The molecular weight excluding hydrogens is 260 g/mol. The molecule has 0 aromatic carbocycles. The summed E-state index contributed by atoms with van der Waals surface area (Å²) < 4.78 is 0. The van der Waals surface area contributed by atoms with E-state index < -0.39 is 43.6 Å². The molecule has 0 radical (unpaired) electrons. The second-order valence-electron chi connectivity index (χ2n) is 4.52. The Hall–Kier alpha value is -1.62. The molecule has 2 saturated heterocycles. The van der Waals surface area contributed by atoms with E-state index in [0.717, 1.165) is 19.6 Å². The van der Waals surface area contributed by atoms with E-state index in [1.54, 1.807) is 0 Å². The maximum atomic E-state index is 11.7. The molecule has 10 nitrogen and oxygen atoms in total. The number of hydrogen-bond donors (Lipinski definition) is 4. The SMILES string of the molecule is CN1C(=O)N(CN2C(=O)N(C)C(O)C2O)C(O)C1O. The highest BCUT2D eigenvalue weighted by atomic mass is 16.4. The molecule has 4 unspecified atom stereocenters. The molecule has 108 valence electrons. The average Bonchev–Trinajstić information content (AvgIpc) is 2.68. The lowest BCUT2D eigenvalue weighted by atomic mass is 10.4. The third-order valence-corrected chi connectivity index (χ3v) is 3.37. The molecular formula is C9H16N4O6. The van der Waals surface area contributed by atoms with Gasteiger partial charge in [0.05, 0.1) is 0 Å². The summed E-state index contributed by atoms with van der Waals surface area (Å²) in [6, 6.07) is -1.38. The third kappa shape index (κ3) is 1.89. The van der Waals surface area contributed by atoms with Crippen molar-refractivity contribution in [2.75, 3.05) is 20.8 Å². The highest BCUT2D eigenvalue weighted by Crippen LogP contribution is 2.23. The van der Waals surface area contributed by atoms with Crippen LogP contribution in [0.2, 0.25) is 0 Å². The molecule has 19 heavy (non-hydrogen) atoms. The molecule has 2 aliphatic rings. The van der Waals surface area contributed by atoms with Gasteiger partial charge in [-0.3, -0.25) is 19.6 Å². The normalized spacial score (nSPS) is 35.9. The van der Waals surface area contributed by atoms with Gasteiger partial charge in [0.25, 0.3) is 0 Å². The van der Waals surface area contributed by atoms with Gasteiger partial charge >= 0.3 is 12.1 Å². The van der Waals surface area contributed by atoms with Gasteiger partial charge in [-0.05, 0) is 0 Å². The van der Waals surface area contributed by atoms with Crippen LogP contribution in [0.4, 0.5) is 9.59 Å². The number of likely N-dealkylation sites (N-methyl/N-ethyl adjacent to an activating group) is 2. The number of hydrogen-bond acceptors (Lipinski definition) is 6. The fraction of sp³-hybridized carbons (Fsp3) is 0.778. The van der Waals surface area contributed by atoms with Crippen LogP contribution in [0.3, 0.4) is 0 Å². The summed E-state index contributed by atoms with van der Waals surface area (Å²) in [7, 11) is 2.58. The molecule has 0 saturated carbocycles. The third-order valence-electron chi connectivity index (χ3n) is 3.37. The van der Waals surface area contributed by atoms with Crippen molar-refractivity contribution < 1.29 is 30.0 Å². The number of amides is 4. The predicted molar refractivity (Wildman–Crippen MR) is 58.9 cm³/mol. The van der Waals surface area contributed by atoms with Crippen LogP contribution >= 0.6 is 0 Å². The van der Waals surface area contributed by atoms with Gasteiger partial charge in [-0.15, -0.1) is 0 Å². The van der Waals surface area contributed by atoms with Crippen molar-refractivity contribution >= 4 is 12.1 Å². The number of aliphatic hydroxyl groups is 4. The Morgan fingerprint density at radius 3 is 1.32 bits per heavy atom. The summed E-state index contributed by atoms with van der Waals surface area (Å²) in [6.45, 7) is -0.442. The first kappa shape index (κ1) is 13.8. The summed E-state index contributed by atoms with van der Waals surface area (Å²) >= 11 is 0. The largest absolute Gasteiger partial charge is 0.369 e. The molecule has 2 rings (SSSR count). The Morgan fingerprint density at radius 1 is 0.789 bits per heavy atom. The molecule has 0 spiro atoms. The summed E-state index contributed by atoms with van der Waals surface area (Å²) in [5.41, 5.74) is 0. The van der Waals surface area contributed by atoms with Gasteiger partial charge < -0.3 is 20.4 Å². The highest BCUT2D eigenvalue weighted by molar-refractivity contribution is 5.79. The Morgan fingerprint density at radius 2 is 1.11 bits per heavy atom. The van der Waals surface area contributed by atoms with Crippen molar-refractivity contribution in [3.05, 3.63) is 0 Å². The van der Waals surface area contributed by atoms with Gasteiger partial charge in [0.2, 0.25) is 0 Å². The highest BCUT2D eigenvalue weighted by Gasteiger charge is 2.48. The first-order chi connectivity index (χ1) is 8.77. The molecule has 0 bridgehead atoms. The maximum Gasteiger partial charge on any atom is 0.325 e. The van der Waals surface area contributed by atoms with E-state index >= 15 is 0 Å². The Labute approximate surface area is 108 Å². The summed E-state index contributed by atoms with van der Waals surface area (Å²) in [5.74, 6) is 0. The van der Waals surface area contributed by atoms with E-state index in [4.69, 9.17) is 0 Å². The maximum absolute atomic E-state index is 11.7. The van der Waals surface area contributed by atoms with Crippen LogP contribution in [-0.2, 0) is 0 Å². The minimum absolute atomic E-state index is 0.442. The number of nitrogens with zero attached hydrogens (tertiary/aromatic N) is 4. The van der Waals surface area contributed by atoms with Gasteiger partial charge in [-0.1, -0.05) is 0 Å². The van der Waals surface area contributed by atoms with Crippen molar-refractivity contribution in [2.45, 2.75) is 24.9 Å². The van der Waals surface area contributed by atoms with E-state index in [2.05, 4.69) is 0 Å². The molecule has 0 aromatic heterocycles. The van der Waals surface area contributed by atoms with Crippen LogP contribution in [-0.4, -0.2) is 97.8 Å². The van der Waals surface area contributed by atoms with Gasteiger partial charge in [0.1, 0.15) is 6.67 Å². The van der Waals surface area contributed by atoms with Crippen LogP contribution in [0.15, 0.2) is 0 Å². The van der Waals surface area contributed by atoms with E-state index in [1.165, 1.54) is 14.1 Å². The van der Waals surface area contributed by atoms with E-state index in [9.17, 15) is 30.0 Å². The van der Waals surface area contributed by atoms with E-state index in [-0.39, 0.29) is 0 Å². The van der Waals surface area contributed by atoms with Crippen LogP contribution in [0.5, 0.6) is 0 Å². The first-order valence-corrected chi connectivity index (χ1v) is 5.56. The van der Waals surface area contributed by atoms with Crippen molar-refractivity contribution in [3.63, 3.8) is 0 Å². The molecule has 2 aliphatic heterocycles. The lowest BCUT2D eigenvalue weighted by Gasteiger charge is -2.27. The van der Waals surface area contributed by atoms with Gasteiger partial charge in [-0.2, -0.15) is 0 Å². The van der Waals surface area contributed by atoms with Crippen LogP contribution in [0.25, 0.3) is 0 Å². The minimum Gasteiger partial charge on any atom is -0.369 e. The molecule has 10 heteroatoms. The van der Waals surface area contributed by atoms with Crippen molar-refractivity contribution in [3.8, 4) is 0 Å². The van der Waals surface area contributed by atoms with Crippen LogP contribution in [0.1, 0.15) is 0 Å². The lowest BCUT2D eigenvalue weighted by molar-refractivity contribution is -0.0949. The molecule has 2 heterocycles. The average molecular weight is 276 g/mol. The fourth-order valence-corrected chi connectivity index (χ4v) is 2.03. The van der Waals surface area contributed by atoms with Gasteiger partial charge in [-0.25, -0.2) is 9.59 Å². The first-order valence-electron chi connectivity index (χ1n) is 5.56. The zero-order chi connectivity index (χ0) is 14.5. The zero-order valence-corrected chi connectivity index (χ0v) is 10.4. The smallest absolute Gasteiger partial charge is 0.325 e. The van der Waals surface area contributed by atoms with E-state index in [0.29, 0.717) is 0 Å². The second kappa shape index (κ2) is 4.49. The molecule has 4 atom stereocenters. The Balaban J connectivity index is 2.14. The molecule has 0 aliphatic carbocycles. The Kier molecular flexibility index (Phi) is 3.26. The monoisotopic (exact) mass is 276 g/mol. The molecule has 4 N–H and O–H groups in total. The van der Waals surface area contributed by atoms with Crippen LogP contribution in [0, 0.1) is 0 Å². The number of urea groups is 2. The Bertz CT molecular complexity index is 370. The van der Waals surface area contributed by atoms with Crippen molar-refractivity contribution in [1.82, 2.24) is 19.6 Å². The number of carbonyl (C=O) groups excluding carboxylic acids is 2. The second-order valence-corrected chi connectivity index (χ2v) is 4.52. The van der Waals surface area contributed by atoms with Crippen molar-refractivity contribution in [2.24, 2.45) is 0 Å². The molecule has 2 fully saturated rings. The van der Waals surface area contributed by atoms with E-state index in [1.807, 2.05) is 0 Å². The summed E-state index contributed by atoms with van der Waals surface area (Å²) in [5, 5.41) is 38.4. The topological polar surface area (TPSA) is 128 Å². The lowest BCUT2D eigenvalue weighted by Crippen LogP contribution is -2.48. The molecule has 0 aromatic rings.